The zero-order valence-electron chi connectivity index (χ0n) is 15.2. The molecule has 1 aliphatic heterocycles. The monoisotopic (exact) mass is 342 g/mol. The number of amides is 1. The normalized spacial score (nSPS) is 15.4. The highest BCUT2D eigenvalue weighted by Crippen LogP contribution is 2.21. The third-order valence-corrected chi connectivity index (χ3v) is 5.15. The minimum absolute atomic E-state index is 0.221. The van der Waals surface area contributed by atoms with Crippen LogP contribution in [0.15, 0.2) is 28.9 Å². The van der Waals surface area contributed by atoms with Gasteiger partial charge in [-0.1, -0.05) is 11.2 Å². The zero-order chi connectivity index (χ0) is 17.8. The van der Waals surface area contributed by atoms with Crippen LogP contribution in [0.1, 0.15) is 36.3 Å². The second-order valence-corrected chi connectivity index (χ2v) is 6.71. The van der Waals surface area contributed by atoms with Crippen molar-refractivity contribution in [2.45, 2.75) is 45.6 Å². The van der Waals surface area contributed by atoms with E-state index >= 15 is 0 Å². The summed E-state index contributed by atoms with van der Waals surface area (Å²) in [6, 6.07) is 6.40. The molecule has 3 rings (SSSR count). The Morgan fingerprint density at radius 3 is 2.68 bits per heavy atom. The fourth-order valence-corrected chi connectivity index (χ4v) is 3.50. The smallest absolute Gasteiger partial charge is 0.222 e. The van der Waals surface area contributed by atoms with Crippen molar-refractivity contribution in [1.29, 1.82) is 0 Å². The number of anilines is 1. The van der Waals surface area contributed by atoms with Gasteiger partial charge in [-0.2, -0.15) is 0 Å². The van der Waals surface area contributed by atoms with E-state index in [1.807, 2.05) is 43.1 Å². The second kappa shape index (κ2) is 7.68. The average Bonchev–Trinajstić information content (AvgIpc) is 2.98. The molecule has 1 saturated heterocycles. The van der Waals surface area contributed by atoms with Gasteiger partial charge in [-0.15, -0.1) is 0 Å². The molecule has 6 nitrogen and oxygen atoms in total. The summed E-state index contributed by atoms with van der Waals surface area (Å²) < 4.78 is 5.17. The molecule has 6 heteroatoms. The molecule has 0 saturated carbocycles. The fourth-order valence-electron chi connectivity index (χ4n) is 3.50. The van der Waals surface area contributed by atoms with Crippen LogP contribution in [-0.4, -0.2) is 47.1 Å². The first-order valence-corrected chi connectivity index (χ1v) is 8.89. The molecule has 3 heterocycles. The van der Waals surface area contributed by atoms with E-state index in [0.29, 0.717) is 18.9 Å². The predicted molar refractivity (Wildman–Crippen MR) is 96.5 cm³/mol. The van der Waals surface area contributed by atoms with Crippen LogP contribution in [0, 0.1) is 13.8 Å². The summed E-state index contributed by atoms with van der Waals surface area (Å²) in [4.78, 5) is 21.1. The molecule has 134 valence electrons. The lowest BCUT2D eigenvalue weighted by molar-refractivity contribution is -0.132. The minimum Gasteiger partial charge on any atom is -0.361 e. The van der Waals surface area contributed by atoms with Gasteiger partial charge in [0.15, 0.2) is 0 Å². The second-order valence-electron chi connectivity index (χ2n) is 6.71. The molecule has 0 aromatic carbocycles. The number of aryl methyl sites for hydroxylation is 2. The molecule has 0 atom stereocenters. The molecule has 2 aromatic rings. The van der Waals surface area contributed by atoms with E-state index in [-0.39, 0.29) is 5.91 Å². The maximum atomic E-state index is 12.5. The fraction of sp³-hybridized carbons (Fsp3) is 0.526. The van der Waals surface area contributed by atoms with Gasteiger partial charge in [0.1, 0.15) is 11.6 Å². The number of rotatable bonds is 5. The number of pyridine rings is 1. The van der Waals surface area contributed by atoms with E-state index in [0.717, 1.165) is 48.8 Å². The highest BCUT2D eigenvalue weighted by Gasteiger charge is 2.26. The molecule has 0 N–H and O–H groups in total. The van der Waals surface area contributed by atoms with Crippen LogP contribution in [0.2, 0.25) is 0 Å². The molecule has 25 heavy (non-hydrogen) atoms. The molecular weight excluding hydrogens is 316 g/mol. The van der Waals surface area contributed by atoms with E-state index < -0.39 is 0 Å². The highest BCUT2D eigenvalue weighted by molar-refractivity contribution is 5.76. The van der Waals surface area contributed by atoms with E-state index in [2.05, 4.69) is 22.1 Å². The molecule has 0 unspecified atom stereocenters. The summed E-state index contributed by atoms with van der Waals surface area (Å²) in [7, 11) is 2.09. The third kappa shape index (κ3) is 4.00. The van der Waals surface area contributed by atoms with Crippen LogP contribution < -0.4 is 4.90 Å². The molecule has 2 aromatic heterocycles. The van der Waals surface area contributed by atoms with E-state index in [1.165, 1.54) is 0 Å². The van der Waals surface area contributed by atoms with Gasteiger partial charge in [-0.05, 0) is 45.2 Å². The zero-order valence-corrected chi connectivity index (χ0v) is 15.2. The van der Waals surface area contributed by atoms with Crippen molar-refractivity contribution in [1.82, 2.24) is 15.0 Å². The third-order valence-electron chi connectivity index (χ3n) is 5.15. The lowest BCUT2D eigenvalue weighted by atomic mass is 10.0. The lowest BCUT2D eigenvalue weighted by Crippen LogP contribution is -2.45. The summed E-state index contributed by atoms with van der Waals surface area (Å²) in [5.41, 5.74) is 1.96. The van der Waals surface area contributed by atoms with E-state index in [9.17, 15) is 4.79 Å². The Hall–Kier alpha value is -2.37. The van der Waals surface area contributed by atoms with Gasteiger partial charge >= 0.3 is 0 Å². The van der Waals surface area contributed by atoms with Crippen LogP contribution in [0.4, 0.5) is 5.82 Å². The van der Waals surface area contributed by atoms with E-state index in [4.69, 9.17) is 4.52 Å². The van der Waals surface area contributed by atoms with Crippen molar-refractivity contribution in [3.05, 3.63) is 41.4 Å². The van der Waals surface area contributed by atoms with Crippen LogP contribution in [0.3, 0.4) is 0 Å². The first-order chi connectivity index (χ1) is 12.1. The first kappa shape index (κ1) is 17.5. The maximum Gasteiger partial charge on any atom is 0.222 e. The Morgan fingerprint density at radius 1 is 1.32 bits per heavy atom. The Balaban J connectivity index is 1.49. The maximum absolute atomic E-state index is 12.5. The summed E-state index contributed by atoms with van der Waals surface area (Å²) >= 11 is 0. The predicted octanol–water partition coefficient (Wildman–Crippen LogP) is 2.75. The van der Waals surface area contributed by atoms with Crippen molar-refractivity contribution in [3.8, 4) is 0 Å². The molecule has 1 aliphatic rings. The van der Waals surface area contributed by atoms with Gasteiger partial charge in [0.05, 0.1) is 5.69 Å². The van der Waals surface area contributed by atoms with Gasteiger partial charge < -0.3 is 14.3 Å². The molecular formula is C19H26N4O2. The Morgan fingerprint density at radius 2 is 2.08 bits per heavy atom. The van der Waals surface area contributed by atoms with Gasteiger partial charge in [0, 0.05) is 44.4 Å². The summed E-state index contributed by atoms with van der Waals surface area (Å²) in [5, 5.41) is 3.95. The average molecular weight is 342 g/mol. The Bertz CT molecular complexity index is 686. The number of nitrogens with zero attached hydrogens (tertiary/aromatic N) is 4. The number of piperidine rings is 1. The number of hydrogen-bond acceptors (Lipinski definition) is 5. The number of likely N-dealkylation sites (tertiary alicyclic amines) is 1. The Kier molecular flexibility index (Phi) is 5.36. The van der Waals surface area contributed by atoms with Gasteiger partial charge in [-0.3, -0.25) is 4.79 Å². The Labute approximate surface area is 148 Å². The number of aromatic nitrogens is 2. The number of carbonyl (C=O) groups is 1. The van der Waals surface area contributed by atoms with Crippen molar-refractivity contribution < 1.29 is 9.32 Å². The van der Waals surface area contributed by atoms with Crippen LogP contribution in [-0.2, 0) is 11.2 Å². The van der Waals surface area contributed by atoms with Gasteiger partial charge in [0.25, 0.3) is 0 Å². The minimum atomic E-state index is 0.221. The van der Waals surface area contributed by atoms with Crippen molar-refractivity contribution in [2.75, 3.05) is 25.0 Å². The lowest BCUT2D eigenvalue weighted by Gasteiger charge is -2.37. The van der Waals surface area contributed by atoms with Gasteiger partial charge in [0.2, 0.25) is 5.91 Å². The largest absolute Gasteiger partial charge is 0.361 e. The molecule has 1 fully saturated rings. The summed E-state index contributed by atoms with van der Waals surface area (Å²) in [5.74, 6) is 2.03. The number of hydrogen-bond donors (Lipinski definition) is 0. The first-order valence-electron chi connectivity index (χ1n) is 8.89. The number of carbonyl (C=O) groups excluding carboxylic acids is 1. The van der Waals surface area contributed by atoms with Crippen LogP contribution in [0.5, 0.6) is 0 Å². The van der Waals surface area contributed by atoms with Crippen LogP contribution >= 0.6 is 0 Å². The van der Waals surface area contributed by atoms with Crippen molar-refractivity contribution in [2.24, 2.45) is 0 Å². The highest BCUT2D eigenvalue weighted by atomic mass is 16.5. The molecule has 0 aliphatic carbocycles. The molecule has 0 radical (unpaired) electrons. The standard InChI is InChI=1S/C19H26N4O2/c1-14-17(15(2)25-21-14)7-8-19(24)23-12-9-16(10-13-23)22(3)18-6-4-5-11-20-18/h4-6,11,16H,7-10,12-13H2,1-3H3. The summed E-state index contributed by atoms with van der Waals surface area (Å²) in [6.45, 7) is 5.44. The SMILES string of the molecule is Cc1noc(C)c1CCC(=O)N1CCC(N(C)c2ccccn2)CC1. The molecule has 0 spiro atoms. The molecule has 0 bridgehead atoms. The van der Waals surface area contributed by atoms with Crippen LogP contribution in [0.25, 0.3) is 0 Å². The van der Waals surface area contributed by atoms with Crippen molar-refractivity contribution in [3.63, 3.8) is 0 Å². The topological polar surface area (TPSA) is 62.5 Å². The van der Waals surface area contributed by atoms with E-state index in [1.54, 1.807) is 0 Å². The van der Waals surface area contributed by atoms with Crippen molar-refractivity contribution >= 4 is 11.7 Å². The van der Waals surface area contributed by atoms with Gasteiger partial charge in [-0.25, -0.2) is 4.98 Å². The summed E-state index contributed by atoms with van der Waals surface area (Å²) in [6.07, 6.45) is 4.99. The molecule has 1 amide bonds. The quantitative estimate of drug-likeness (QED) is 0.836.